The normalized spacial score (nSPS) is 17.3. The van der Waals surface area contributed by atoms with Crippen molar-refractivity contribution in [3.63, 3.8) is 0 Å². The van der Waals surface area contributed by atoms with Crippen LogP contribution < -0.4 is 0 Å². The third-order valence-electron chi connectivity index (χ3n) is 3.92. The number of nitrogens with zero attached hydrogens (tertiary/aromatic N) is 1. The number of hydrogen-bond donors (Lipinski definition) is 0. The van der Waals surface area contributed by atoms with E-state index in [1.165, 1.54) is 42.6 Å². The van der Waals surface area contributed by atoms with Crippen LogP contribution in [0.5, 0.6) is 0 Å². The number of aromatic nitrogens is 1. The Labute approximate surface area is 106 Å². The smallest absolute Gasteiger partial charge is 0.0440 e. The van der Waals surface area contributed by atoms with Gasteiger partial charge in [0.05, 0.1) is 0 Å². The lowest BCUT2D eigenvalue weighted by molar-refractivity contribution is 0.675. The number of hydrogen-bond acceptors (Lipinski definition) is 1. The third-order valence-corrected chi connectivity index (χ3v) is 3.92. The van der Waals surface area contributed by atoms with Crippen molar-refractivity contribution in [1.29, 1.82) is 0 Å². The lowest BCUT2D eigenvalue weighted by Crippen LogP contribution is -2.04. The molecule has 1 aliphatic rings. The van der Waals surface area contributed by atoms with E-state index < -0.39 is 0 Å². The summed E-state index contributed by atoms with van der Waals surface area (Å²) in [6.07, 6.45) is 5.45. The van der Waals surface area contributed by atoms with Crippen molar-refractivity contribution in [2.24, 2.45) is 0 Å². The summed E-state index contributed by atoms with van der Waals surface area (Å²) in [6.45, 7) is 9.03. The van der Waals surface area contributed by atoms with Crippen LogP contribution >= 0.6 is 0 Å². The van der Waals surface area contributed by atoms with Crippen LogP contribution in [0, 0.1) is 0 Å². The maximum atomic E-state index is 4.90. The van der Waals surface area contributed by atoms with Gasteiger partial charge in [-0.25, -0.2) is 0 Å². The lowest BCUT2D eigenvalue weighted by atomic mass is 9.95. The van der Waals surface area contributed by atoms with Crippen molar-refractivity contribution in [2.45, 2.75) is 71.1 Å². The van der Waals surface area contributed by atoms with E-state index in [1.54, 1.807) is 0 Å². The summed E-state index contributed by atoms with van der Waals surface area (Å²) in [5, 5.41) is 0. The first-order valence-electron chi connectivity index (χ1n) is 7.09. The van der Waals surface area contributed by atoms with Gasteiger partial charge in [-0.3, -0.25) is 4.98 Å². The Hall–Kier alpha value is -0.850. The zero-order chi connectivity index (χ0) is 12.4. The molecule has 0 amide bonds. The molecule has 1 aromatic rings. The molecular weight excluding hydrogens is 206 g/mol. The van der Waals surface area contributed by atoms with Crippen molar-refractivity contribution >= 4 is 0 Å². The van der Waals surface area contributed by atoms with E-state index in [0.717, 1.165) is 5.92 Å². The van der Waals surface area contributed by atoms with E-state index in [1.807, 2.05) is 0 Å². The maximum Gasteiger partial charge on any atom is 0.0440 e. The lowest BCUT2D eigenvalue weighted by Gasteiger charge is -2.16. The van der Waals surface area contributed by atoms with Crippen LogP contribution in [0.1, 0.15) is 88.1 Å². The Bertz CT molecular complexity index is 347. The third kappa shape index (κ3) is 2.88. The van der Waals surface area contributed by atoms with Crippen molar-refractivity contribution in [2.75, 3.05) is 0 Å². The molecule has 0 unspecified atom stereocenters. The monoisotopic (exact) mass is 231 g/mol. The topological polar surface area (TPSA) is 12.9 Å². The molecule has 1 aliphatic carbocycles. The minimum atomic E-state index is 0.536. The predicted octanol–water partition coefficient (Wildman–Crippen LogP) is 4.99. The van der Waals surface area contributed by atoms with E-state index >= 15 is 0 Å². The second kappa shape index (κ2) is 5.20. The molecule has 0 aliphatic heterocycles. The van der Waals surface area contributed by atoms with Crippen LogP contribution in [-0.4, -0.2) is 4.98 Å². The highest BCUT2D eigenvalue weighted by molar-refractivity contribution is 5.28. The predicted molar refractivity (Wildman–Crippen MR) is 73.6 cm³/mol. The van der Waals surface area contributed by atoms with Crippen LogP contribution in [-0.2, 0) is 0 Å². The highest BCUT2D eigenvalue weighted by Gasteiger charge is 2.20. The van der Waals surface area contributed by atoms with Crippen molar-refractivity contribution < 1.29 is 0 Å². The molecule has 2 rings (SSSR count). The fourth-order valence-corrected chi connectivity index (χ4v) is 2.66. The summed E-state index contributed by atoms with van der Waals surface area (Å²) in [7, 11) is 0. The molecule has 0 spiro atoms. The zero-order valence-electron chi connectivity index (χ0n) is 11.7. The van der Waals surface area contributed by atoms with Gasteiger partial charge in [0, 0.05) is 17.3 Å². The molecule has 1 aromatic heterocycles. The van der Waals surface area contributed by atoms with E-state index in [2.05, 4.69) is 39.8 Å². The summed E-state index contributed by atoms with van der Waals surface area (Å²) >= 11 is 0. The minimum absolute atomic E-state index is 0.536. The summed E-state index contributed by atoms with van der Waals surface area (Å²) in [6, 6.07) is 4.65. The van der Waals surface area contributed by atoms with Gasteiger partial charge in [-0.15, -0.1) is 0 Å². The molecule has 1 heterocycles. The molecule has 0 radical (unpaired) electrons. The van der Waals surface area contributed by atoms with Gasteiger partial charge in [0.25, 0.3) is 0 Å². The molecule has 0 bridgehead atoms. The standard InChI is InChI=1S/C16H25N/c1-11(2)14-9-15(12(3)4)17-16(10-14)13-7-5-6-8-13/h9-13H,5-8H2,1-4H3. The Morgan fingerprint density at radius 1 is 1.00 bits per heavy atom. The van der Waals surface area contributed by atoms with E-state index in [4.69, 9.17) is 4.98 Å². The molecule has 0 aromatic carbocycles. The van der Waals surface area contributed by atoms with Gasteiger partial charge in [0.15, 0.2) is 0 Å². The maximum absolute atomic E-state index is 4.90. The minimum Gasteiger partial charge on any atom is -0.257 e. The number of pyridine rings is 1. The summed E-state index contributed by atoms with van der Waals surface area (Å²) in [5.41, 5.74) is 4.10. The van der Waals surface area contributed by atoms with E-state index in [0.29, 0.717) is 11.8 Å². The number of rotatable bonds is 3. The molecule has 1 nitrogen and oxygen atoms in total. The van der Waals surface area contributed by atoms with Crippen LogP contribution in [0.3, 0.4) is 0 Å². The first kappa shape index (κ1) is 12.6. The molecule has 0 atom stereocenters. The molecular formula is C16H25N. The van der Waals surface area contributed by atoms with Crippen molar-refractivity contribution in [3.05, 3.63) is 29.1 Å². The highest BCUT2D eigenvalue weighted by Crippen LogP contribution is 2.35. The summed E-state index contributed by atoms with van der Waals surface area (Å²) in [5.74, 6) is 1.87. The largest absolute Gasteiger partial charge is 0.257 e. The molecule has 17 heavy (non-hydrogen) atoms. The molecule has 1 heteroatoms. The van der Waals surface area contributed by atoms with Crippen LogP contribution in [0.2, 0.25) is 0 Å². The molecule has 1 fully saturated rings. The van der Waals surface area contributed by atoms with Crippen LogP contribution in [0.4, 0.5) is 0 Å². The van der Waals surface area contributed by atoms with Gasteiger partial charge in [-0.05, 0) is 42.4 Å². The van der Waals surface area contributed by atoms with Gasteiger partial charge in [0.1, 0.15) is 0 Å². The second-order valence-electron chi connectivity index (χ2n) is 6.04. The van der Waals surface area contributed by atoms with Gasteiger partial charge < -0.3 is 0 Å². The fourth-order valence-electron chi connectivity index (χ4n) is 2.66. The Balaban J connectivity index is 2.36. The van der Waals surface area contributed by atoms with Crippen molar-refractivity contribution in [1.82, 2.24) is 4.98 Å². The molecule has 0 N–H and O–H groups in total. The van der Waals surface area contributed by atoms with Crippen LogP contribution in [0.15, 0.2) is 12.1 Å². The van der Waals surface area contributed by atoms with Gasteiger partial charge in [0.2, 0.25) is 0 Å². The van der Waals surface area contributed by atoms with Gasteiger partial charge in [-0.2, -0.15) is 0 Å². The average Bonchev–Trinajstić information content (AvgIpc) is 2.81. The van der Waals surface area contributed by atoms with Gasteiger partial charge in [-0.1, -0.05) is 40.5 Å². The first-order valence-corrected chi connectivity index (χ1v) is 7.09. The van der Waals surface area contributed by atoms with Crippen molar-refractivity contribution in [3.8, 4) is 0 Å². The Morgan fingerprint density at radius 2 is 1.65 bits per heavy atom. The average molecular weight is 231 g/mol. The SMILES string of the molecule is CC(C)c1cc(C(C)C)nc(C2CCCC2)c1. The summed E-state index contributed by atoms with van der Waals surface area (Å²) < 4.78 is 0. The highest BCUT2D eigenvalue weighted by atomic mass is 14.7. The van der Waals surface area contributed by atoms with E-state index in [9.17, 15) is 0 Å². The molecule has 1 saturated carbocycles. The Kier molecular flexibility index (Phi) is 3.86. The van der Waals surface area contributed by atoms with Crippen LogP contribution in [0.25, 0.3) is 0 Å². The quantitative estimate of drug-likeness (QED) is 0.714. The van der Waals surface area contributed by atoms with Gasteiger partial charge >= 0.3 is 0 Å². The first-order chi connectivity index (χ1) is 8.08. The molecule has 94 valence electrons. The fraction of sp³-hybridized carbons (Fsp3) is 0.688. The molecule has 0 saturated heterocycles. The Morgan fingerprint density at radius 3 is 2.18 bits per heavy atom. The van der Waals surface area contributed by atoms with E-state index in [-0.39, 0.29) is 0 Å². The summed E-state index contributed by atoms with van der Waals surface area (Å²) in [4.78, 5) is 4.90. The second-order valence-corrected chi connectivity index (χ2v) is 6.04. The zero-order valence-corrected chi connectivity index (χ0v) is 11.7.